The Labute approximate surface area is 383 Å². The van der Waals surface area contributed by atoms with Crippen LogP contribution in [-0.2, 0) is 40.0 Å². The van der Waals surface area contributed by atoms with Crippen LogP contribution in [0.4, 0.5) is 5.69 Å². The molecule has 3 atom stereocenters. The van der Waals surface area contributed by atoms with Crippen molar-refractivity contribution in [2.75, 3.05) is 31.5 Å². The molecule has 9 N–H and O–H groups in total. The zero-order valence-electron chi connectivity index (χ0n) is 38.0. The van der Waals surface area contributed by atoms with Crippen molar-refractivity contribution in [1.29, 1.82) is 0 Å². The molecular weight excluding hydrogens is 827 g/mol. The second kappa shape index (κ2) is 32.4. The van der Waals surface area contributed by atoms with Gasteiger partial charge in [-0.15, -0.1) is 12.8 Å². The van der Waals surface area contributed by atoms with Gasteiger partial charge in [-0.1, -0.05) is 129 Å². The number of nitrogens with two attached hydrogens (primary N) is 1. The molecule has 348 valence electrons. The monoisotopic (exact) mass is 891 g/mol. The van der Waals surface area contributed by atoms with Gasteiger partial charge >= 0.3 is 5.97 Å². The Kier molecular flexibility index (Phi) is 27.7. The predicted molar refractivity (Wildman–Crippen MR) is 255 cm³/mol. The first-order valence-electron chi connectivity index (χ1n) is 21.4. The number of carbonyl (C=O) groups is 7. The molecule has 0 saturated heterocycles. The van der Waals surface area contributed by atoms with Gasteiger partial charge in [0.05, 0.1) is 19.6 Å². The molecule has 0 aromatic heterocycles. The van der Waals surface area contributed by atoms with Crippen LogP contribution >= 0.6 is 0 Å². The summed E-state index contributed by atoms with van der Waals surface area (Å²) in [4.78, 5) is 87.7. The summed E-state index contributed by atoms with van der Waals surface area (Å²) < 4.78 is 0. The minimum Gasteiger partial charge on any atom is -0.480 e. The standard InChI is InChI=1S/C39H49N7O8.C7H8.C2H6.C2H2/c1-25-11-17-30(18-12-25)44-33(47)20-26(2)37(51)42-24-36(50)46-32(21-27-13-15-29(16-14-27)28-8-4-3-5-9-28)38(52)43-22-34(48)41-23-35(49)45-31(39(53)54)10-6-7-19-40;1-7-5-3-2-4-6-7;2*1-2/h3-5,8-9,11-18,26,31-32H,6-7,10,19-24,40H2,1-2H3,(H,41,48)(H,42,51)(H,43,52)(H,44,47)(H,45,49)(H,46,50)(H,53,54);2-6H,1H3;1-2H3;1-2H/t26-,31+,32+;;;/m1.../s1. The zero-order chi connectivity index (χ0) is 48.6. The first kappa shape index (κ1) is 55.7. The van der Waals surface area contributed by atoms with Gasteiger partial charge in [0.15, 0.2) is 0 Å². The van der Waals surface area contributed by atoms with E-state index in [1.54, 1.807) is 19.1 Å². The lowest BCUT2D eigenvalue weighted by atomic mass is 10.00. The molecule has 0 aliphatic rings. The van der Waals surface area contributed by atoms with Crippen molar-refractivity contribution < 1.29 is 38.7 Å². The van der Waals surface area contributed by atoms with Gasteiger partial charge in [-0.25, -0.2) is 4.79 Å². The average molecular weight is 892 g/mol. The third kappa shape index (κ3) is 23.6. The summed E-state index contributed by atoms with van der Waals surface area (Å²) >= 11 is 0. The van der Waals surface area contributed by atoms with Crippen LogP contribution in [0.15, 0.2) is 109 Å². The fraction of sp³-hybridized carbons (Fsp3) is 0.340. The van der Waals surface area contributed by atoms with Crippen LogP contribution in [0.2, 0.25) is 0 Å². The Morgan fingerprint density at radius 3 is 1.62 bits per heavy atom. The van der Waals surface area contributed by atoms with E-state index in [1.807, 2.05) is 106 Å². The molecular formula is C50H65N7O8. The number of unbranched alkanes of at least 4 members (excludes halogenated alkanes) is 1. The van der Waals surface area contributed by atoms with Crippen LogP contribution < -0.4 is 37.6 Å². The number of anilines is 1. The minimum absolute atomic E-state index is 0.0426. The van der Waals surface area contributed by atoms with Crippen molar-refractivity contribution in [2.45, 2.75) is 78.8 Å². The van der Waals surface area contributed by atoms with Crippen molar-refractivity contribution in [3.63, 3.8) is 0 Å². The third-order valence-corrected chi connectivity index (χ3v) is 9.24. The summed E-state index contributed by atoms with van der Waals surface area (Å²) in [7, 11) is 0. The van der Waals surface area contributed by atoms with Gasteiger partial charge in [-0.2, -0.15) is 0 Å². The van der Waals surface area contributed by atoms with Crippen LogP contribution in [0.3, 0.4) is 0 Å². The van der Waals surface area contributed by atoms with Gasteiger partial charge in [-0.3, -0.25) is 28.8 Å². The van der Waals surface area contributed by atoms with E-state index in [0.29, 0.717) is 30.6 Å². The van der Waals surface area contributed by atoms with E-state index in [-0.39, 0.29) is 25.2 Å². The molecule has 0 fully saturated rings. The van der Waals surface area contributed by atoms with Crippen molar-refractivity contribution in [2.24, 2.45) is 11.7 Å². The summed E-state index contributed by atoms with van der Waals surface area (Å²) in [6.45, 7) is 8.42. The highest BCUT2D eigenvalue weighted by atomic mass is 16.4. The van der Waals surface area contributed by atoms with Gasteiger partial charge in [-0.05, 0) is 68.5 Å². The number of rotatable bonds is 21. The number of carboxylic acid groups (broad SMARTS) is 1. The quantitative estimate of drug-likeness (QED) is 0.0428. The number of hydrogen-bond acceptors (Lipinski definition) is 8. The Bertz CT molecular complexity index is 2080. The number of carbonyl (C=O) groups excluding carboxylic acids is 6. The first-order valence-corrected chi connectivity index (χ1v) is 21.4. The number of terminal acetylenes is 1. The topological polar surface area (TPSA) is 238 Å². The first-order chi connectivity index (χ1) is 31.2. The zero-order valence-corrected chi connectivity index (χ0v) is 38.0. The summed E-state index contributed by atoms with van der Waals surface area (Å²) in [6, 6.07) is 32.2. The van der Waals surface area contributed by atoms with E-state index < -0.39 is 73.1 Å². The molecule has 4 aromatic carbocycles. The fourth-order valence-electron chi connectivity index (χ4n) is 5.78. The Hall–Kier alpha value is -7.31. The fourth-order valence-corrected chi connectivity index (χ4v) is 5.78. The molecule has 15 nitrogen and oxygen atoms in total. The molecule has 15 heteroatoms. The number of aliphatic carboxylic acids is 1. The molecule has 6 amide bonds. The highest BCUT2D eigenvalue weighted by Crippen LogP contribution is 2.20. The van der Waals surface area contributed by atoms with Crippen LogP contribution in [0.5, 0.6) is 0 Å². The smallest absolute Gasteiger partial charge is 0.326 e. The van der Waals surface area contributed by atoms with Gasteiger partial charge in [0, 0.05) is 24.4 Å². The molecule has 0 radical (unpaired) electrons. The molecule has 0 aliphatic carbocycles. The number of amides is 6. The van der Waals surface area contributed by atoms with Crippen LogP contribution in [0.25, 0.3) is 11.1 Å². The normalized spacial score (nSPS) is 11.3. The van der Waals surface area contributed by atoms with E-state index in [9.17, 15) is 38.7 Å². The van der Waals surface area contributed by atoms with E-state index >= 15 is 0 Å². The van der Waals surface area contributed by atoms with Crippen LogP contribution in [-0.4, -0.2) is 84.8 Å². The SMILES string of the molecule is C#C.CC.Cc1ccc(NC(=O)C[C@@H](C)C(=O)NCC(=O)N[C@@H](Cc2ccc(-c3ccccc3)cc2)C(=O)NCC(=O)NCC(=O)N[C@@H](CCCCN)C(=O)O)cc1.Cc1ccccc1. The molecule has 0 aliphatic heterocycles. The summed E-state index contributed by atoms with van der Waals surface area (Å²) in [5, 5.41) is 24.3. The number of benzene rings is 4. The number of carboxylic acids is 1. The minimum atomic E-state index is -1.21. The predicted octanol–water partition coefficient (Wildman–Crippen LogP) is 4.67. The molecule has 4 rings (SSSR count). The van der Waals surface area contributed by atoms with Crippen LogP contribution in [0, 0.1) is 32.6 Å². The lowest BCUT2D eigenvalue weighted by Crippen LogP contribution is -2.52. The van der Waals surface area contributed by atoms with Crippen molar-refractivity contribution in [1.82, 2.24) is 26.6 Å². The van der Waals surface area contributed by atoms with Gasteiger partial charge in [0.25, 0.3) is 0 Å². The van der Waals surface area contributed by atoms with Gasteiger partial charge < -0.3 is 42.7 Å². The summed E-state index contributed by atoms with van der Waals surface area (Å²) in [5.74, 6) is -5.69. The average Bonchev–Trinajstić information content (AvgIpc) is 3.31. The molecule has 0 spiro atoms. The second-order valence-electron chi connectivity index (χ2n) is 14.5. The molecule has 0 heterocycles. The Morgan fingerprint density at radius 1 is 0.585 bits per heavy atom. The maximum Gasteiger partial charge on any atom is 0.326 e. The molecule has 0 unspecified atom stereocenters. The number of aryl methyl sites for hydroxylation is 2. The van der Waals surface area contributed by atoms with E-state index in [0.717, 1.165) is 16.7 Å². The van der Waals surface area contributed by atoms with Gasteiger partial charge in [0.1, 0.15) is 12.1 Å². The number of nitrogens with one attached hydrogen (secondary N) is 6. The summed E-state index contributed by atoms with van der Waals surface area (Å²) in [6.07, 6.45) is 9.20. The van der Waals surface area contributed by atoms with Crippen LogP contribution in [0.1, 0.15) is 63.1 Å². The Morgan fingerprint density at radius 2 is 1.08 bits per heavy atom. The van der Waals surface area contributed by atoms with Crippen molar-refractivity contribution >= 4 is 47.1 Å². The summed E-state index contributed by atoms with van der Waals surface area (Å²) in [5.41, 5.74) is 11.0. The molecule has 0 saturated carbocycles. The van der Waals surface area contributed by atoms with Crippen molar-refractivity contribution in [3.8, 4) is 24.0 Å². The second-order valence-corrected chi connectivity index (χ2v) is 14.5. The van der Waals surface area contributed by atoms with Gasteiger partial charge in [0.2, 0.25) is 35.4 Å². The highest BCUT2D eigenvalue weighted by molar-refractivity contribution is 5.96. The third-order valence-electron chi connectivity index (χ3n) is 9.24. The lowest BCUT2D eigenvalue weighted by Gasteiger charge is -2.20. The highest BCUT2D eigenvalue weighted by Gasteiger charge is 2.24. The molecule has 65 heavy (non-hydrogen) atoms. The van der Waals surface area contributed by atoms with E-state index in [1.165, 1.54) is 5.56 Å². The van der Waals surface area contributed by atoms with E-state index in [2.05, 4.69) is 63.8 Å². The number of hydrogen-bond donors (Lipinski definition) is 8. The maximum atomic E-state index is 13.3. The maximum absolute atomic E-state index is 13.3. The molecule has 0 bridgehead atoms. The Balaban J connectivity index is 0.00000170. The van der Waals surface area contributed by atoms with Crippen molar-refractivity contribution in [3.05, 3.63) is 126 Å². The lowest BCUT2D eigenvalue weighted by molar-refractivity contribution is -0.142. The largest absolute Gasteiger partial charge is 0.480 e. The molecule has 4 aromatic rings. The van der Waals surface area contributed by atoms with E-state index in [4.69, 9.17) is 5.73 Å².